The maximum atomic E-state index is 12.3. The third kappa shape index (κ3) is 4.24. The van der Waals surface area contributed by atoms with Crippen LogP contribution in [0.3, 0.4) is 0 Å². The molecule has 0 unspecified atom stereocenters. The summed E-state index contributed by atoms with van der Waals surface area (Å²) in [7, 11) is 3.14. The smallest absolute Gasteiger partial charge is 0.242 e. The number of amides is 1. The third-order valence-electron chi connectivity index (χ3n) is 3.45. The molecule has 0 aromatic heterocycles. The summed E-state index contributed by atoms with van der Waals surface area (Å²) in [5.41, 5.74) is 1.45. The van der Waals surface area contributed by atoms with Crippen molar-refractivity contribution in [3.63, 3.8) is 0 Å². The Labute approximate surface area is 135 Å². The highest BCUT2D eigenvalue weighted by atomic mass is 16.5. The first-order valence-electron chi connectivity index (χ1n) is 7.14. The van der Waals surface area contributed by atoms with E-state index in [1.54, 1.807) is 38.5 Å². The number of rotatable bonds is 6. The second-order valence-corrected chi connectivity index (χ2v) is 4.92. The second-order valence-electron chi connectivity index (χ2n) is 4.92. The van der Waals surface area contributed by atoms with Crippen molar-refractivity contribution in [2.75, 3.05) is 19.5 Å². The number of hydrogen-bond acceptors (Lipinski definition) is 4. The largest absolute Gasteiger partial charge is 0.497 e. The molecule has 0 saturated carbocycles. The van der Waals surface area contributed by atoms with E-state index in [9.17, 15) is 10.1 Å². The number of carbonyl (C=O) groups excluding carboxylic acids is 1. The number of nitrogens with zero attached hydrogens (tertiary/aromatic N) is 1. The van der Waals surface area contributed by atoms with Gasteiger partial charge >= 0.3 is 0 Å². The molecule has 2 aromatic rings. The van der Waals surface area contributed by atoms with Gasteiger partial charge in [0, 0.05) is 12.1 Å². The normalized spacial score (nSPS) is 11.2. The number of hydrogen-bond donors (Lipinski definition) is 1. The molecule has 5 nitrogen and oxygen atoms in total. The van der Waals surface area contributed by atoms with E-state index in [2.05, 4.69) is 11.4 Å². The lowest BCUT2D eigenvalue weighted by Gasteiger charge is -2.13. The van der Waals surface area contributed by atoms with Gasteiger partial charge in [-0.15, -0.1) is 0 Å². The first-order chi connectivity index (χ1) is 11.2. The van der Waals surface area contributed by atoms with Crippen molar-refractivity contribution in [3.05, 3.63) is 54.1 Å². The molecule has 5 heteroatoms. The highest BCUT2D eigenvalue weighted by molar-refractivity contribution is 5.94. The minimum absolute atomic E-state index is 0.294. The molecule has 0 aliphatic heterocycles. The van der Waals surface area contributed by atoms with E-state index in [1.807, 2.05) is 24.3 Å². The topological polar surface area (TPSA) is 71.3 Å². The zero-order valence-electron chi connectivity index (χ0n) is 13.1. The van der Waals surface area contributed by atoms with Gasteiger partial charge in [-0.05, 0) is 35.9 Å². The minimum atomic E-state index is -0.798. The van der Waals surface area contributed by atoms with Crippen molar-refractivity contribution < 1.29 is 14.3 Å². The number of nitrogens with one attached hydrogen (secondary N) is 1. The lowest BCUT2D eigenvalue weighted by molar-refractivity contribution is -0.118. The monoisotopic (exact) mass is 310 g/mol. The lowest BCUT2D eigenvalue weighted by atomic mass is 9.99. The summed E-state index contributed by atoms with van der Waals surface area (Å²) in [5.74, 6) is 0.232. The van der Waals surface area contributed by atoms with Crippen LogP contribution in [0, 0.1) is 17.2 Å². The van der Waals surface area contributed by atoms with Crippen LogP contribution in [0.4, 0.5) is 5.69 Å². The zero-order chi connectivity index (χ0) is 16.7. The molecule has 118 valence electrons. The Morgan fingerprint density at radius 2 is 1.83 bits per heavy atom. The van der Waals surface area contributed by atoms with E-state index >= 15 is 0 Å². The van der Waals surface area contributed by atoms with E-state index in [4.69, 9.17) is 9.47 Å². The van der Waals surface area contributed by atoms with Gasteiger partial charge in [-0.1, -0.05) is 18.2 Å². The molecule has 0 aliphatic rings. The third-order valence-corrected chi connectivity index (χ3v) is 3.45. The average molecular weight is 310 g/mol. The van der Waals surface area contributed by atoms with Crippen LogP contribution >= 0.6 is 0 Å². The van der Waals surface area contributed by atoms with Crippen LogP contribution in [0.25, 0.3) is 0 Å². The SMILES string of the molecule is COc1ccc(NC(=O)[C@H](C#N)Cc2ccccc2OC)cc1. The molecule has 0 spiro atoms. The molecule has 0 heterocycles. The molecule has 0 bridgehead atoms. The lowest BCUT2D eigenvalue weighted by Crippen LogP contribution is -2.23. The summed E-state index contributed by atoms with van der Waals surface area (Å²) in [5, 5.41) is 12.1. The standard InChI is InChI=1S/C18H18N2O3/c1-22-16-9-7-15(8-10-16)20-18(21)14(12-19)11-13-5-3-4-6-17(13)23-2/h3-10,14H,11H2,1-2H3,(H,20,21)/t14-/m0/s1. The Balaban J connectivity index is 2.07. The summed E-state index contributed by atoms with van der Waals surface area (Å²) in [4.78, 5) is 12.3. The first kappa shape index (κ1) is 16.4. The van der Waals surface area contributed by atoms with Crippen LogP contribution in [0.2, 0.25) is 0 Å². The number of ether oxygens (including phenoxy) is 2. The molecule has 1 atom stereocenters. The van der Waals surface area contributed by atoms with Crippen LogP contribution in [0.15, 0.2) is 48.5 Å². The molecule has 0 saturated heterocycles. The van der Waals surface area contributed by atoms with Crippen LogP contribution in [-0.2, 0) is 11.2 Å². The van der Waals surface area contributed by atoms with Crippen molar-refractivity contribution >= 4 is 11.6 Å². The fourth-order valence-corrected chi connectivity index (χ4v) is 2.19. The molecule has 0 fully saturated rings. The Morgan fingerprint density at radius 1 is 1.13 bits per heavy atom. The van der Waals surface area contributed by atoms with E-state index < -0.39 is 5.92 Å². The van der Waals surface area contributed by atoms with Gasteiger partial charge in [0.05, 0.1) is 20.3 Å². The first-order valence-corrected chi connectivity index (χ1v) is 7.14. The quantitative estimate of drug-likeness (QED) is 0.890. The summed E-state index contributed by atoms with van der Waals surface area (Å²) in [6, 6.07) is 16.4. The maximum Gasteiger partial charge on any atom is 0.242 e. The molecule has 2 rings (SSSR count). The van der Waals surface area contributed by atoms with E-state index in [0.29, 0.717) is 23.6 Å². The second kappa shape index (κ2) is 7.85. The predicted octanol–water partition coefficient (Wildman–Crippen LogP) is 3.02. The molecule has 23 heavy (non-hydrogen) atoms. The van der Waals surface area contributed by atoms with E-state index in [1.165, 1.54) is 0 Å². The maximum absolute atomic E-state index is 12.3. The number of anilines is 1. The highest BCUT2D eigenvalue weighted by Crippen LogP contribution is 2.22. The zero-order valence-corrected chi connectivity index (χ0v) is 13.1. The van der Waals surface area contributed by atoms with Crippen LogP contribution in [0.1, 0.15) is 5.56 Å². The molecular weight excluding hydrogens is 292 g/mol. The average Bonchev–Trinajstić information content (AvgIpc) is 2.60. The van der Waals surface area contributed by atoms with Gasteiger partial charge in [-0.25, -0.2) is 0 Å². The molecule has 0 aliphatic carbocycles. The summed E-state index contributed by atoms with van der Waals surface area (Å²) < 4.78 is 10.3. The fourth-order valence-electron chi connectivity index (χ4n) is 2.19. The molecule has 1 N–H and O–H groups in total. The molecule has 2 aromatic carbocycles. The van der Waals surface area contributed by atoms with Crippen LogP contribution in [-0.4, -0.2) is 20.1 Å². The van der Waals surface area contributed by atoms with Crippen molar-refractivity contribution in [2.45, 2.75) is 6.42 Å². The molecule has 0 radical (unpaired) electrons. The summed E-state index contributed by atoms with van der Waals surface area (Å²) in [6.07, 6.45) is 0.294. The highest BCUT2D eigenvalue weighted by Gasteiger charge is 2.20. The number of para-hydroxylation sites is 1. The van der Waals surface area contributed by atoms with E-state index in [0.717, 1.165) is 5.56 Å². The van der Waals surface area contributed by atoms with Crippen LogP contribution < -0.4 is 14.8 Å². The fraction of sp³-hybridized carbons (Fsp3) is 0.222. The molecular formula is C18H18N2O3. The van der Waals surface area contributed by atoms with Gasteiger partial charge in [0.1, 0.15) is 17.4 Å². The Bertz CT molecular complexity index is 705. The van der Waals surface area contributed by atoms with Crippen LogP contribution in [0.5, 0.6) is 11.5 Å². The number of nitriles is 1. The Kier molecular flexibility index (Phi) is 5.59. The van der Waals surface area contributed by atoms with Crippen molar-refractivity contribution in [1.82, 2.24) is 0 Å². The van der Waals surface area contributed by atoms with Gasteiger partial charge in [-0.2, -0.15) is 5.26 Å². The van der Waals surface area contributed by atoms with Crippen molar-refractivity contribution in [1.29, 1.82) is 5.26 Å². The van der Waals surface area contributed by atoms with Gasteiger partial charge in [0.2, 0.25) is 5.91 Å². The minimum Gasteiger partial charge on any atom is -0.497 e. The number of carbonyl (C=O) groups is 1. The Hall–Kier alpha value is -3.00. The van der Waals surface area contributed by atoms with E-state index in [-0.39, 0.29) is 5.91 Å². The summed E-state index contributed by atoms with van der Waals surface area (Å²) in [6.45, 7) is 0. The van der Waals surface area contributed by atoms with Gasteiger partial charge < -0.3 is 14.8 Å². The van der Waals surface area contributed by atoms with Gasteiger partial charge in [0.25, 0.3) is 0 Å². The molecule has 1 amide bonds. The number of methoxy groups -OCH3 is 2. The predicted molar refractivity (Wildman–Crippen MR) is 87.4 cm³/mol. The Morgan fingerprint density at radius 3 is 2.43 bits per heavy atom. The van der Waals surface area contributed by atoms with Gasteiger partial charge in [0.15, 0.2) is 0 Å². The summed E-state index contributed by atoms with van der Waals surface area (Å²) >= 11 is 0. The van der Waals surface area contributed by atoms with Crippen molar-refractivity contribution in [2.24, 2.45) is 5.92 Å². The number of benzene rings is 2. The van der Waals surface area contributed by atoms with Crippen molar-refractivity contribution in [3.8, 4) is 17.6 Å². The van der Waals surface area contributed by atoms with Gasteiger partial charge in [-0.3, -0.25) is 4.79 Å².